The van der Waals surface area contributed by atoms with Crippen LogP contribution in [-0.2, 0) is 0 Å². The summed E-state index contributed by atoms with van der Waals surface area (Å²) in [6.07, 6.45) is 1.80. The van der Waals surface area contributed by atoms with Crippen molar-refractivity contribution in [2.24, 2.45) is 0 Å². The Balaban J connectivity index is 2.54. The van der Waals surface area contributed by atoms with Gasteiger partial charge in [0, 0.05) is 24.7 Å². The monoisotopic (exact) mass is 195 g/mol. The fourth-order valence-electron chi connectivity index (χ4n) is 1.99. The molecule has 0 bridgehead atoms. The molecule has 1 saturated heterocycles. The van der Waals surface area contributed by atoms with E-state index < -0.39 is 0 Å². The van der Waals surface area contributed by atoms with Crippen molar-refractivity contribution in [3.05, 3.63) is 0 Å². The fourth-order valence-corrected chi connectivity index (χ4v) is 1.99. The van der Waals surface area contributed by atoms with E-state index in [1.54, 1.807) is 0 Å². The molecule has 1 heterocycles. The summed E-state index contributed by atoms with van der Waals surface area (Å²) in [4.78, 5) is 2.49. The van der Waals surface area contributed by atoms with Crippen LogP contribution in [0.3, 0.4) is 0 Å². The van der Waals surface area contributed by atoms with Gasteiger partial charge in [0.1, 0.15) is 0 Å². The highest BCUT2D eigenvalue weighted by Gasteiger charge is 2.32. The minimum absolute atomic E-state index is 0.238. The van der Waals surface area contributed by atoms with Gasteiger partial charge in [-0.3, -0.25) is 4.90 Å². The number of hydrogen-bond donors (Lipinski definition) is 1. The van der Waals surface area contributed by atoms with Crippen molar-refractivity contribution in [2.45, 2.75) is 45.2 Å². The minimum Gasteiger partial charge on any atom is -0.310 e. The maximum absolute atomic E-state index is 8.66. The van der Waals surface area contributed by atoms with E-state index in [1.807, 2.05) is 0 Å². The SMILES string of the molecule is CCCN1CC(CC#N)NCC1(C)C. The molecule has 1 unspecified atom stereocenters. The molecule has 1 N–H and O–H groups in total. The van der Waals surface area contributed by atoms with Crippen LogP contribution < -0.4 is 5.32 Å². The average Bonchev–Trinajstić information content (AvgIpc) is 2.12. The minimum atomic E-state index is 0.238. The molecule has 3 nitrogen and oxygen atoms in total. The van der Waals surface area contributed by atoms with E-state index >= 15 is 0 Å². The van der Waals surface area contributed by atoms with E-state index in [9.17, 15) is 0 Å². The molecule has 0 aliphatic carbocycles. The Bertz CT molecular complexity index is 217. The largest absolute Gasteiger partial charge is 0.310 e. The van der Waals surface area contributed by atoms with E-state index in [-0.39, 0.29) is 5.54 Å². The fraction of sp³-hybridized carbons (Fsp3) is 0.909. The summed E-state index contributed by atoms with van der Waals surface area (Å²) in [5.74, 6) is 0. The summed E-state index contributed by atoms with van der Waals surface area (Å²) >= 11 is 0. The van der Waals surface area contributed by atoms with Crippen molar-refractivity contribution in [3.8, 4) is 6.07 Å². The predicted molar refractivity (Wildman–Crippen MR) is 58.0 cm³/mol. The Morgan fingerprint density at radius 2 is 2.29 bits per heavy atom. The highest BCUT2D eigenvalue weighted by atomic mass is 15.3. The van der Waals surface area contributed by atoms with Crippen LogP contribution >= 0.6 is 0 Å². The van der Waals surface area contributed by atoms with Gasteiger partial charge < -0.3 is 5.32 Å². The van der Waals surface area contributed by atoms with Crippen molar-refractivity contribution in [2.75, 3.05) is 19.6 Å². The van der Waals surface area contributed by atoms with Crippen molar-refractivity contribution >= 4 is 0 Å². The maximum Gasteiger partial charge on any atom is 0.0638 e. The molecule has 1 rings (SSSR count). The molecule has 3 heteroatoms. The van der Waals surface area contributed by atoms with Gasteiger partial charge >= 0.3 is 0 Å². The molecule has 0 radical (unpaired) electrons. The molecular formula is C11H21N3. The molecule has 0 aromatic carbocycles. The van der Waals surface area contributed by atoms with Crippen molar-refractivity contribution < 1.29 is 0 Å². The Kier molecular flexibility index (Phi) is 3.91. The van der Waals surface area contributed by atoms with Gasteiger partial charge in [-0.2, -0.15) is 5.26 Å². The first-order valence-electron chi connectivity index (χ1n) is 5.45. The molecule has 0 amide bonds. The first-order valence-corrected chi connectivity index (χ1v) is 5.45. The van der Waals surface area contributed by atoms with Crippen LogP contribution in [0, 0.1) is 11.3 Å². The first kappa shape index (κ1) is 11.5. The summed E-state index contributed by atoms with van der Waals surface area (Å²) in [6.45, 7) is 9.86. The van der Waals surface area contributed by atoms with Gasteiger partial charge in [-0.15, -0.1) is 0 Å². The number of nitrogens with one attached hydrogen (secondary N) is 1. The van der Waals surface area contributed by atoms with Crippen molar-refractivity contribution in [1.82, 2.24) is 10.2 Å². The molecule has 1 aliphatic heterocycles. The summed E-state index contributed by atoms with van der Waals surface area (Å²) in [7, 11) is 0. The number of hydrogen-bond acceptors (Lipinski definition) is 3. The zero-order valence-electron chi connectivity index (χ0n) is 9.51. The molecular weight excluding hydrogens is 174 g/mol. The van der Waals surface area contributed by atoms with Gasteiger partial charge in [-0.25, -0.2) is 0 Å². The Morgan fingerprint density at radius 1 is 1.57 bits per heavy atom. The summed E-state index contributed by atoms with van der Waals surface area (Å²) in [6, 6.07) is 2.60. The lowest BCUT2D eigenvalue weighted by atomic mass is 9.96. The Morgan fingerprint density at radius 3 is 2.86 bits per heavy atom. The van der Waals surface area contributed by atoms with Crippen LogP contribution in [-0.4, -0.2) is 36.1 Å². The van der Waals surface area contributed by atoms with Crippen LogP contribution in [0.4, 0.5) is 0 Å². The number of nitriles is 1. The van der Waals surface area contributed by atoms with E-state index in [1.165, 1.54) is 6.42 Å². The molecule has 0 aromatic rings. The van der Waals surface area contributed by atoms with Gasteiger partial charge in [0.2, 0.25) is 0 Å². The van der Waals surface area contributed by atoms with Crippen molar-refractivity contribution in [1.29, 1.82) is 5.26 Å². The number of nitrogens with zero attached hydrogens (tertiary/aromatic N) is 2. The summed E-state index contributed by atoms with van der Waals surface area (Å²) < 4.78 is 0. The third-order valence-electron chi connectivity index (χ3n) is 2.95. The third kappa shape index (κ3) is 2.70. The third-order valence-corrected chi connectivity index (χ3v) is 2.95. The topological polar surface area (TPSA) is 39.1 Å². The van der Waals surface area contributed by atoms with Crippen LogP contribution in [0.25, 0.3) is 0 Å². The zero-order valence-corrected chi connectivity index (χ0v) is 9.51. The smallest absolute Gasteiger partial charge is 0.0638 e. The van der Waals surface area contributed by atoms with Crippen LogP contribution in [0.5, 0.6) is 0 Å². The molecule has 0 aromatic heterocycles. The Hall–Kier alpha value is -0.590. The molecule has 0 saturated carbocycles. The standard InChI is InChI=1S/C11H21N3/c1-4-7-14-8-10(5-6-12)13-9-11(14,2)3/h10,13H,4-5,7-9H2,1-3H3. The first-order chi connectivity index (χ1) is 6.60. The average molecular weight is 195 g/mol. The highest BCUT2D eigenvalue weighted by Crippen LogP contribution is 2.19. The summed E-state index contributed by atoms with van der Waals surface area (Å²) in [5.41, 5.74) is 0.238. The lowest BCUT2D eigenvalue weighted by Crippen LogP contribution is -2.61. The van der Waals surface area contributed by atoms with Gasteiger partial charge in [0.05, 0.1) is 12.5 Å². The Labute approximate surface area is 87.1 Å². The van der Waals surface area contributed by atoms with E-state index in [2.05, 4.69) is 37.1 Å². The van der Waals surface area contributed by atoms with E-state index in [0.29, 0.717) is 12.5 Å². The lowest BCUT2D eigenvalue weighted by Gasteiger charge is -2.45. The molecule has 1 fully saturated rings. The van der Waals surface area contributed by atoms with E-state index in [0.717, 1.165) is 19.6 Å². The van der Waals surface area contributed by atoms with Crippen molar-refractivity contribution in [3.63, 3.8) is 0 Å². The molecule has 1 aliphatic rings. The van der Waals surface area contributed by atoms with Gasteiger partial charge in [-0.1, -0.05) is 6.92 Å². The molecule has 14 heavy (non-hydrogen) atoms. The van der Waals surface area contributed by atoms with Crippen LogP contribution in [0.1, 0.15) is 33.6 Å². The zero-order chi connectivity index (χ0) is 10.6. The predicted octanol–water partition coefficient (Wildman–Crippen LogP) is 1.36. The molecule has 0 spiro atoms. The van der Waals surface area contributed by atoms with E-state index in [4.69, 9.17) is 5.26 Å². The molecule has 80 valence electrons. The highest BCUT2D eigenvalue weighted by molar-refractivity contribution is 4.95. The van der Waals surface area contributed by atoms with Crippen LogP contribution in [0.15, 0.2) is 0 Å². The number of piperazine rings is 1. The van der Waals surface area contributed by atoms with Gasteiger partial charge in [-0.05, 0) is 26.8 Å². The summed E-state index contributed by atoms with van der Waals surface area (Å²) in [5, 5.41) is 12.1. The normalized spacial score (nSPS) is 27.1. The second-order valence-corrected chi connectivity index (χ2v) is 4.70. The van der Waals surface area contributed by atoms with Crippen LogP contribution in [0.2, 0.25) is 0 Å². The second kappa shape index (κ2) is 4.77. The van der Waals surface area contributed by atoms with Gasteiger partial charge in [0.25, 0.3) is 0 Å². The quantitative estimate of drug-likeness (QED) is 0.739. The molecule has 1 atom stereocenters. The maximum atomic E-state index is 8.66. The second-order valence-electron chi connectivity index (χ2n) is 4.70. The number of rotatable bonds is 3. The van der Waals surface area contributed by atoms with Gasteiger partial charge in [0.15, 0.2) is 0 Å². The lowest BCUT2D eigenvalue weighted by molar-refractivity contribution is 0.0673.